The zero-order chi connectivity index (χ0) is 8.55. The second-order valence-corrected chi connectivity index (χ2v) is 4.29. The molecule has 12 heavy (non-hydrogen) atoms. The molecule has 3 atom stereocenters. The Morgan fingerprint density at radius 1 is 1.33 bits per heavy atom. The van der Waals surface area contributed by atoms with Crippen molar-refractivity contribution in [3.05, 3.63) is 0 Å². The van der Waals surface area contributed by atoms with Gasteiger partial charge >= 0.3 is 0 Å². The zero-order valence-corrected chi connectivity index (χ0v) is 7.70. The highest BCUT2D eigenvalue weighted by Crippen LogP contribution is 2.38. The van der Waals surface area contributed by atoms with Crippen LogP contribution in [0.15, 0.2) is 0 Å². The summed E-state index contributed by atoms with van der Waals surface area (Å²) in [5.74, 6) is 0.691. The molecule has 0 spiro atoms. The Hall–Kier alpha value is -0.370. The van der Waals surface area contributed by atoms with Crippen LogP contribution in [0.25, 0.3) is 0 Å². The van der Waals surface area contributed by atoms with Gasteiger partial charge in [-0.1, -0.05) is 0 Å². The van der Waals surface area contributed by atoms with Crippen molar-refractivity contribution in [2.45, 2.75) is 44.2 Å². The van der Waals surface area contributed by atoms with Crippen molar-refractivity contribution < 1.29 is 4.79 Å². The Balaban J connectivity index is 1.97. The van der Waals surface area contributed by atoms with Crippen LogP contribution in [0, 0.1) is 5.92 Å². The summed E-state index contributed by atoms with van der Waals surface area (Å²) in [5.41, 5.74) is 0. The number of hydrogen-bond donors (Lipinski definition) is 0. The highest BCUT2D eigenvalue weighted by atomic mass is 16.1. The minimum absolute atomic E-state index is 0.691. The van der Waals surface area contributed by atoms with Gasteiger partial charge in [0.1, 0.15) is 6.29 Å². The van der Waals surface area contributed by atoms with Crippen LogP contribution in [-0.4, -0.2) is 30.3 Å². The molecule has 2 nitrogen and oxygen atoms in total. The molecule has 2 heteroatoms. The largest absolute Gasteiger partial charge is 0.303 e. The van der Waals surface area contributed by atoms with E-state index in [4.69, 9.17) is 0 Å². The van der Waals surface area contributed by atoms with E-state index in [9.17, 15) is 4.79 Å². The third-order valence-electron chi connectivity index (χ3n) is 3.63. The molecular weight excluding hydrogens is 150 g/mol. The van der Waals surface area contributed by atoms with Gasteiger partial charge in [0.15, 0.2) is 0 Å². The van der Waals surface area contributed by atoms with Crippen LogP contribution in [0.1, 0.15) is 32.1 Å². The lowest BCUT2D eigenvalue weighted by molar-refractivity contribution is -0.109. The molecule has 1 unspecified atom stereocenters. The van der Waals surface area contributed by atoms with Gasteiger partial charge in [0.25, 0.3) is 0 Å². The van der Waals surface area contributed by atoms with Gasteiger partial charge in [-0.2, -0.15) is 0 Å². The third-order valence-corrected chi connectivity index (χ3v) is 3.63. The molecular formula is C10H17NO. The molecule has 0 amide bonds. The van der Waals surface area contributed by atoms with E-state index in [0.29, 0.717) is 5.92 Å². The molecule has 2 aliphatic rings. The van der Waals surface area contributed by atoms with Gasteiger partial charge in [-0.25, -0.2) is 0 Å². The second kappa shape index (κ2) is 3.17. The van der Waals surface area contributed by atoms with E-state index in [1.165, 1.54) is 25.7 Å². The first-order chi connectivity index (χ1) is 5.81. The molecule has 0 N–H and O–H groups in total. The minimum atomic E-state index is 0.691. The predicted molar refractivity (Wildman–Crippen MR) is 48.0 cm³/mol. The highest BCUT2D eigenvalue weighted by molar-refractivity contribution is 5.49. The SMILES string of the molecule is CN1[C@@H]2CC[C@H]1CC(CC=O)C2. The quantitative estimate of drug-likeness (QED) is 0.580. The van der Waals surface area contributed by atoms with E-state index in [-0.39, 0.29) is 0 Å². The first kappa shape index (κ1) is 8.24. The minimum Gasteiger partial charge on any atom is -0.303 e. The maximum atomic E-state index is 10.4. The first-order valence-corrected chi connectivity index (χ1v) is 4.97. The average molecular weight is 167 g/mol. The lowest BCUT2D eigenvalue weighted by Crippen LogP contribution is -2.39. The van der Waals surface area contributed by atoms with Crippen LogP contribution >= 0.6 is 0 Å². The topological polar surface area (TPSA) is 20.3 Å². The molecule has 2 fully saturated rings. The number of carbonyl (C=O) groups excluding carboxylic acids is 1. The summed E-state index contributed by atoms with van der Waals surface area (Å²) in [6.45, 7) is 0. The molecule has 2 bridgehead atoms. The van der Waals surface area contributed by atoms with Crippen LogP contribution in [0.4, 0.5) is 0 Å². The van der Waals surface area contributed by atoms with Gasteiger partial charge < -0.3 is 9.69 Å². The van der Waals surface area contributed by atoms with Crippen molar-refractivity contribution in [3.63, 3.8) is 0 Å². The fraction of sp³-hybridized carbons (Fsp3) is 0.900. The van der Waals surface area contributed by atoms with Crippen molar-refractivity contribution in [1.82, 2.24) is 4.90 Å². The van der Waals surface area contributed by atoms with E-state index in [1.54, 1.807) is 0 Å². The molecule has 0 radical (unpaired) electrons. The summed E-state index contributed by atoms with van der Waals surface area (Å²) < 4.78 is 0. The van der Waals surface area contributed by atoms with Crippen LogP contribution in [0.3, 0.4) is 0 Å². The number of aldehydes is 1. The Bertz CT molecular complexity index is 167. The van der Waals surface area contributed by atoms with Crippen molar-refractivity contribution in [1.29, 1.82) is 0 Å². The fourth-order valence-electron chi connectivity index (χ4n) is 2.85. The fourth-order valence-corrected chi connectivity index (χ4v) is 2.85. The maximum absolute atomic E-state index is 10.4. The highest BCUT2D eigenvalue weighted by Gasteiger charge is 2.37. The van der Waals surface area contributed by atoms with E-state index in [1.807, 2.05) is 0 Å². The van der Waals surface area contributed by atoms with Gasteiger partial charge in [-0.3, -0.25) is 0 Å². The summed E-state index contributed by atoms with van der Waals surface area (Å²) in [7, 11) is 2.24. The predicted octanol–water partition coefficient (Wildman–Crippen LogP) is 1.45. The van der Waals surface area contributed by atoms with E-state index >= 15 is 0 Å². The van der Waals surface area contributed by atoms with E-state index < -0.39 is 0 Å². The van der Waals surface area contributed by atoms with Gasteiger partial charge in [-0.15, -0.1) is 0 Å². The third kappa shape index (κ3) is 1.28. The molecule has 0 aliphatic carbocycles. The molecule has 2 saturated heterocycles. The number of rotatable bonds is 2. The smallest absolute Gasteiger partial charge is 0.120 e. The molecule has 2 rings (SSSR count). The number of hydrogen-bond acceptors (Lipinski definition) is 2. The second-order valence-electron chi connectivity index (χ2n) is 4.29. The Labute approximate surface area is 73.9 Å². The Morgan fingerprint density at radius 3 is 2.42 bits per heavy atom. The lowest BCUT2D eigenvalue weighted by Gasteiger charge is -2.35. The summed E-state index contributed by atoms with van der Waals surface area (Å²) in [4.78, 5) is 12.9. The van der Waals surface area contributed by atoms with Gasteiger partial charge in [0, 0.05) is 18.5 Å². The summed E-state index contributed by atoms with van der Waals surface area (Å²) in [5, 5.41) is 0. The van der Waals surface area contributed by atoms with E-state index in [0.717, 1.165) is 24.8 Å². The van der Waals surface area contributed by atoms with Crippen molar-refractivity contribution in [3.8, 4) is 0 Å². The van der Waals surface area contributed by atoms with Gasteiger partial charge in [0.2, 0.25) is 0 Å². The van der Waals surface area contributed by atoms with Crippen molar-refractivity contribution >= 4 is 6.29 Å². The van der Waals surface area contributed by atoms with Crippen LogP contribution in [0.5, 0.6) is 0 Å². The molecule has 68 valence electrons. The van der Waals surface area contributed by atoms with Crippen LogP contribution in [-0.2, 0) is 4.79 Å². The Kier molecular flexibility index (Phi) is 2.18. The Morgan fingerprint density at radius 2 is 1.92 bits per heavy atom. The number of fused-ring (bicyclic) bond motifs is 2. The van der Waals surface area contributed by atoms with Crippen molar-refractivity contribution in [2.75, 3.05) is 7.05 Å². The number of carbonyl (C=O) groups is 1. The first-order valence-electron chi connectivity index (χ1n) is 4.97. The summed E-state index contributed by atoms with van der Waals surface area (Å²) >= 11 is 0. The van der Waals surface area contributed by atoms with Gasteiger partial charge in [0.05, 0.1) is 0 Å². The molecule has 0 aromatic heterocycles. The normalized spacial score (nSPS) is 41.6. The van der Waals surface area contributed by atoms with Crippen molar-refractivity contribution in [2.24, 2.45) is 5.92 Å². The van der Waals surface area contributed by atoms with E-state index in [2.05, 4.69) is 11.9 Å². The summed E-state index contributed by atoms with van der Waals surface area (Å²) in [6, 6.07) is 1.57. The van der Waals surface area contributed by atoms with Crippen LogP contribution in [0.2, 0.25) is 0 Å². The number of piperidine rings is 1. The number of nitrogens with zero attached hydrogens (tertiary/aromatic N) is 1. The van der Waals surface area contributed by atoms with Gasteiger partial charge in [-0.05, 0) is 38.6 Å². The summed E-state index contributed by atoms with van der Waals surface area (Å²) in [6.07, 6.45) is 7.11. The molecule has 0 saturated carbocycles. The maximum Gasteiger partial charge on any atom is 0.120 e. The molecule has 0 aromatic carbocycles. The standard InChI is InChI=1S/C10H17NO/c1-11-9-2-3-10(11)7-8(6-9)4-5-12/h5,8-10H,2-4,6-7H2,1H3/t8?,9-,10+. The lowest BCUT2D eigenvalue weighted by atomic mass is 9.89. The molecule has 0 aromatic rings. The molecule has 2 aliphatic heterocycles. The zero-order valence-electron chi connectivity index (χ0n) is 7.70. The molecule has 2 heterocycles. The monoisotopic (exact) mass is 167 g/mol. The van der Waals surface area contributed by atoms with Crippen LogP contribution < -0.4 is 0 Å². The average Bonchev–Trinajstić information content (AvgIpc) is 2.33.